The smallest absolute Gasteiger partial charge is 0.255 e. The van der Waals surface area contributed by atoms with E-state index in [1.54, 1.807) is 12.1 Å². The van der Waals surface area contributed by atoms with Gasteiger partial charge in [0.15, 0.2) is 5.65 Å². The number of hydrogen-bond acceptors (Lipinski definition) is 6. The van der Waals surface area contributed by atoms with Crippen LogP contribution in [0.4, 0.5) is 11.5 Å². The summed E-state index contributed by atoms with van der Waals surface area (Å²) in [6.45, 7) is 1.08. The number of rotatable bonds is 4. The molecule has 8 nitrogen and oxygen atoms in total. The molecule has 4 N–H and O–H groups in total. The minimum Gasteiger partial charge on any atom is -0.383 e. The van der Waals surface area contributed by atoms with Crippen LogP contribution in [0.2, 0.25) is 0 Å². The maximum absolute atomic E-state index is 12.6. The fourth-order valence-electron chi connectivity index (χ4n) is 5.03. The Kier molecular flexibility index (Phi) is 4.39. The molecule has 32 heavy (non-hydrogen) atoms. The van der Waals surface area contributed by atoms with Gasteiger partial charge in [-0.25, -0.2) is 14.6 Å². The normalized spacial score (nSPS) is 21.8. The van der Waals surface area contributed by atoms with Crippen molar-refractivity contribution in [3.8, 4) is 11.3 Å². The van der Waals surface area contributed by atoms with Gasteiger partial charge in [0.2, 0.25) is 0 Å². The van der Waals surface area contributed by atoms with Crippen LogP contribution in [-0.2, 0) is 0 Å². The molecule has 0 radical (unpaired) electrons. The van der Waals surface area contributed by atoms with E-state index in [-0.39, 0.29) is 11.9 Å². The first-order chi connectivity index (χ1) is 15.7. The highest BCUT2D eigenvalue weighted by molar-refractivity contribution is 6.05. The summed E-state index contributed by atoms with van der Waals surface area (Å²) in [7, 11) is 0. The third kappa shape index (κ3) is 3.11. The molecule has 4 aromatic rings. The number of amides is 1. The Hall–Kier alpha value is -3.78. The van der Waals surface area contributed by atoms with Crippen LogP contribution in [0.1, 0.15) is 29.2 Å². The molecule has 2 fully saturated rings. The zero-order chi connectivity index (χ0) is 21.7. The summed E-state index contributed by atoms with van der Waals surface area (Å²) in [5.74, 6) is 0.946. The molecule has 1 amide bonds. The number of para-hydroxylation sites is 1. The Morgan fingerprint density at radius 3 is 2.59 bits per heavy atom. The summed E-state index contributed by atoms with van der Waals surface area (Å²) in [6.07, 6.45) is 3.76. The number of aromatic nitrogens is 4. The Morgan fingerprint density at radius 2 is 1.88 bits per heavy atom. The number of carbonyl (C=O) groups is 1. The van der Waals surface area contributed by atoms with Crippen molar-refractivity contribution < 1.29 is 4.79 Å². The van der Waals surface area contributed by atoms with E-state index in [4.69, 9.17) is 10.8 Å². The van der Waals surface area contributed by atoms with E-state index in [0.29, 0.717) is 23.3 Å². The maximum Gasteiger partial charge on any atom is 0.255 e. The van der Waals surface area contributed by atoms with E-state index in [2.05, 4.69) is 20.6 Å². The molecule has 2 aromatic carbocycles. The summed E-state index contributed by atoms with van der Waals surface area (Å²) in [4.78, 5) is 21.3. The van der Waals surface area contributed by atoms with Gasteiger partial charge < -0.3 is 16.4 Å². The minimum atomic E-state index is -0.158. The summed E-state index contributed by atoms with van der Waals surface area (Å²) in [5, 5.41) is 12.2. The highest BCUT2D eigenvalue weighted by Gasteiger charge is 2.42. The fourth-order valence-corrected chi connectivity index (χ4v) is 5.03. The molecule has 1 aliphatic carbocycles. The van der Waals surface area contributed by atoms with Gasteiger partial charge in [0.25, 0.3) is 5.91 Å². The van der Waals surface area contributed by atoms with Crippen LogP contribution in [-0.4, -0.2) is 38.2 Å². The number of nitrogen functional groups attached to an aromatic ring is 1. The Balaban J connectivity index is 1.35. The lowest BCUT2D eigenvalue weighted by Crippen LogP contribution is -2.35. The molecular weight excluding hydrogens is 402 g/mol. The van der Waals surface area contributed by atoms with Crippen molar-refractivity contribution in [1.29, 1.82) is 0 Å². The molecule has 1 saturated heterocycles. The topological polar surface area (TPSA) is 111 Å². The number of nitrogens with zero attached hydrogens (tertiary/aromatic N) is 4. The van der Waals surface area contributed by atoms with Crippen LogP contribution in [0.15, 0.2) is 60.9 Å². The second-order valence-corrected chi connectivity index (χ2v) is 8.57. The van der Waals surface area contributed by atoms with Crippen molar-refractivity contribution in [2.75, 3.05) is 17.6 Å². The average Bonchev–Trinajstić information content (AvgIpc) is 3.55. The van der Waals surface area contributed by atoms with E-state index < -0.39 is 0 Å². The Labute approximate surface area is 184 Å². The van der Waals surface area contributed by atoms with Crippen molar-refractivity contribution in [2.24, 2.45) is 5.92 Å². The van der Waals surface area contributed by atoms with Crippen molar-refractivity contribution in [2.45, 2.75) is 24.9 Å². The number of benzene rings is 2. The van der Waals surface area contributed by atoms with E-state index in [1.807, 2.05) is 47.1 Å². The summed E-state index contributed by atoms with van der Waals surface area (Å²) < 4.78 is 2.02. The lowest BCUT2D eigenvalue weighted by Gasteiger charge is -2.23. The first kappa shape index (κ1) is 18.9. The molecule has 3 unspecified atom stereocenters. The second kappa shape index (κ2) is 7.42. The Bertz CT molecular complexity index is 1300. The van der Waals surface area contributed by atoms with Crippen molar-refractivity contribution in [1.82, 2.24) is 25.1 Å². The van der Waals surface area contributed by atoms with E-state index >= 15 is 0 Å². The van der Waals surface area contributed by atoms with Crippen LogP contribution >= 0.6 is 0 Å². The largest absolute Gasteiger partial charge is 0.383 e. The molecule has 8 heteroatoms. The number of piperidine rings is 1. The molecule has 2 bridgehead atoms. The lowest BCUT2D eigenvalue weighted by molar-refractivity contribution is 0.102. The number of nitrogens with two attached hydrogens (primary N) is 1. The number of fused-ring (bicyclic) bond motifs is 3. The van der Waals surface area contributed by atoms with Crippen LogP contribution in [0.25, 0.3) is 22.3 Å². The fraction of sp³-hybridized carbons (Fsp3) is 0.250. The molecule has 3 atom stereocenters. The number of hydrogen-bond donors (Lipinski definition) is 3. The molecule has 1 saturated carbocycles. The predicted molar refractivity (Wildman–Crippen MR) is 123 cm³/mol. The van der Waals surface area contributed by atoms with Crippen molar-refractivity contribution in [3.05, 3.63) is 66.5 Å². The average molecular weight is 425 g/mol. The molecule has 0 spiro atoms. The van der Waals surface area contributed by atoms with Gasteiger partial charge in [-0.2, -0.15) is 5.10 Å². The van der Waals surface area contributed by atoms with Gasteiger partial charge in [-0.15, -0.1) is 0 Å². The maximum atomic E-state index is 12.6. The standard InChI is InChI=1S/C24H23N7O/c25-22-20-21(15-6-8-16(9-7-15)24(32)29-17-4-2-1-3-5-17)30-31(23(20)28-13-27-22)19-11-14-10-18(19)26-12-14/h1-9,13-14,18-19,26H,10-12H2,(H,29,32)(H2,25,27,28). The van der Waals surface area contributed by atoms with Gasteiger partial charge in [0.05, 0.1) is 11.4 Å². The number of anilines is 2. The number of nitrogens with one attached hydrogen (secondary N) is 2. The first-order valence-electron chi connectivity index (χ1n) is 10.9. The monoisotopic (exact) mass is 425 g/mol. The zero-order valence-corrected chi connectivity index (χ0v) is 17.4. The minimum absolute atomic E-state index is 0.158. The highest BCUT2D eigenvalue weighted by atomic mass is 16.1. The van der Waals surface area contributed by atoms with Gasteiger partial charge in [-0.05, 0) is 49.6 Å². The summed E-state index contributed by atoms with van der Waals surface area (Å²) in [5.41, 5.74) is 9.98. The molecule has 1 aliphatic heterocycles. The van der Waals surface area contributed by atoms with Gasteiger partial charge in [0, 0.05) is 22.9 Å². The SMILES string of the molecule is Nc1ncnc2c1c(-c1ccc(C(=O)Nc3ccccc3)cc1)nn2C1CC2CNC1C2. The Morgan fingerprint density at radius 1 is 1.06 bits per heavy atom. The van der Waals surface area contributed by atoms with E-state index in [9.17, 15) is 4.79 Å². The first-order valence-corrected chi connectivity index (χ1v) is 10.9. The van der Waals surface area contributed by atoms with Crippen LogP contribution in [0, 0.1) is 5.92 Å². The van der Waals surface area contributed by atoms with E-state index in [0.717, 1.165) is 40.9 Å². The zero-order valence-electron chi connectivity index (χ0n) is 17.4. The van der Waals surface area contributed by atoms with Crippen LogP contribution in [0.5, 0.6) is 0 Å². The molecule has 3 heterocycles. The van der Waals surface area contributed by atoms with Gasteiger partial charge in [0.1, 0.15) is 17.8 Å². The molecule has 2 aromatic heterocycles. The molecule has 6 rings (SSSR count). The third-order valence-corrected chi connectivity index (χ3v) is 6.58. The number of carbonyl (C=O) groups excluding carboxylic acids is 1. The third-order valence-electron chi connectivity index (χ3n) is 6.58. The predicted octanol–water partition coefficient (Wildman–Crippen LogP) is 3.25. The van der Waals surface area contributed by atoms with Gasteiger partial charge in [-0.3, -0.25) is 4.79 Å². The summed E-state index contributed by atoms with van der Waals surface area (Å²) in [6, 6.07) is 17.5. The summed E-state index contributed by atoms with van der Waals surface area (Å²) >= 11 is 0. The second-order valence-electron chi connectivity index (χ2n) is 8.57. The molecular formula is C24H23N7O. The van der Waals surface area contributed by atoms with Crippen LogP contribution < -0.4 is 16.4 Å². The van der Waals surface area contributed by atoms with Crippen LogP contribution in [0.3, 0.4) is 0 Å². The van der Waals surface area contributed by atoms with Gasteiger partial charge in [-0.1, -0.05) is 30.3 Å². The molecule has 2 aliphatic rings. The highest BCUT2D eigenvalue weighted by Crippen LogP contribution is 2.41. The quantitative estimate of drug-likeness (QED) is 0.463. The van der Waals surface area contributed by atoms with Crippen molar-refractivity contribution in [3.63, 3.8) is 0 Å². The van der Waals surface area contributed by atoms with Gasteiger partial charge >= 0.3 is 0 Å². The molecule has 160 valence electrons. The van der Waals surface area contributed by atoms with E-state index in [1.165, 1.54) is 12.7 Å². The van der Waals surface area contributed by atoms with Crippen molar-refractivity contribution >= 4 is 28.4 Å². The lowest BCUT2D eigenvalue weighted by atomic mass is 10.1.